The second-order valence-corrected chi connectivity index (χ2v) is 15.9. The van der Waals surface area contributed by atoms with Crippen LogP contribution in [-0.4, -0.2) is 112 Å². The molecule has 2 aromatic heterocycles. The molecular formula is C42H52ClN7O6S. The lowest BCUT2D eigenvalue weighted by atomic mass is 10.0. The Morgan fingerprint density at radius 2 is 1.88 bits per heavy atom. The van der Waals surface area contributed by atoms with Crippen LogP contribution in [0.1, 0.15) is 59.6 Å². The summed E-state index contributed by atoms with van der Waals surface area (Å²) in [6, 6.07) is 15.3. The number of aryl methyl sites for hydroxylation is 1. The summed E-state index contributed by atoms with van der Waals surface area (Å²) < 4.78 is 12.3. The van der Waals surface area contributed by atoms with Gasteiger partial charge in [0.05, 0.1) is 40.7 Å². The van der Waals surface area contributed by atoms with Crippen LogP contribution < -0.4 is 20.1 Å². The molecule has 0 saturated carbocycles. The average molecular weight is 818 g/mol. The van der Waals surface area contributed by atoms with Gasteiger partial charge >= 0.3 is 0 Å². The maximum atomic E-state index is 14.2. The number of benzene rings is 2. The topological polar surface area (TPSA) is 149 Å². The fourth-order valence-electron chi connectivity index (χ4n) is 7.76. The van der Waals surface area contributed by atoms with Crippen LogP contribution >= 0.6 is 23.7 Å². The number of hydrogen-bond acceptors (Lipinski definition) is 11. The second kappa shape index (κ2) is 19.2. The van der Waals surface area contributed by atoms with E-state index in [1.807, 2.05) is 74.8 Å². The number of rotatable bonds is 15. The molecule has 0 unspecified atom stereocenters. The number of β-amino-alcohol motifs (C(OH)–C–C–N with tert-alkyl or cyclic N) is 1. The first kappa shape index (κ1) is 42.0. The van der Waals surface area contributed by atoms with Gasteiger partial charge in [-0.25, -0.2) is 4.98 Å². The Morgan fingerprint density at radius 3 is 2.60 bits per heavy atom. The molecule has 3 atom stereocenters. The fourth-order valence-corrected chi connectivity index (χ4v) is 8.56. The van der Waals surface area contributed by atoms with Crippen molar-refractivity contribution in [2.24, 2.45) is 5.92 Å². The molecular weight excluding hydrogens is 766 g/mol. The number of ether oxygens (including phenoxy) is 2. The molecule has 2 aromatic carbocycles. The largest absolute Gasteiger partial charge is 0.492 e. The van der Waals surface area contributed by atoms with Crippen LogP contribution in [-0.2, 0) is 29.3 Å². The first-order chi connectivity index (χ1) is 27.2. The summed E-state index contributed by atoms with van der Waals surface area (Å²) in [5, 5.41) is 17.1. The summed E-state index contributed by atoms with van der Waals surface area (Å²) in [6.45, 7) is 12.3. The highest BCUT2D eigenvalue weighted by molar-refractivity contribution is 7.13. The molecule has 2 saturated heterocycles. The summed E-state index contributed by atoms with van der Waals surface area (Å²) in [7, 11) is 0. The van der Waals surface area contributed by atoms with Gasteiger partial charge in [-0.2, -0.15) is 0 Å². The zero-order chi connectivity index (χ0) is 39.2. The first-order valence-electron chi connectivity index (χ1n) is 19.5. The van der Waals surface area contributed by atoms with Gasteiger partial charge < -0.3 is 39.9 Å². The molecule has 0 radical (unpaired) electrons. The second-order valence-electron chi connectivity index (χ2n) is 15.0. The zero-order valence-electron chi connectivity index (χ0n) is 32.7. The molecule has 3 aliphatic heterocycles. The lowest BCUT2D eigenvalue weighted by Gasteiger charge is -2.35. The predicted octanol–water partition coefficient (Wildman–Crippen LogP) is 4.45. The Bertz CT molecular complexity index is 2010. The lowest BCUT2D eigenvalue weighted by molar-refractivity contribution is -0.143. The third-order valence-corrected chi connectivity index (χ3v) is 11.7. The quantitative estimate of drug-likeness (QED) is 0.147. The fraction of sp³-hybridized carbons (Fsp3) is 0.452. The molecule has 7 rings (SSSR count). The van der Waals surface area contributed by atoms with E-state index in [0.29, 0.717) is 30.2 Å². The molecule has 2 fully saturated rings. The van der Waals surface area contributed by atoms with Crippen LogP contribution in [0.2, 0.25) is 0 Å². The number of hydrogen-bond donors (Lipinski definition) is 3. The predicted molar refractivity (Wildman–Crippen MR) is 220 cm³/mol. The molecule has 3 N–H and O–H groups in total. The van der Waals surface area contributed by atoms with E-state index in [0.717, 1.165) is 72.1 Å². The van der Waals surface area contributed by atoms with Crippen molar-refractivity contribution in [3.63, 3.8) is 0 Å². The molecule has 0 aliphatic carbocycles. The molecule has 13 nitrogen and oxygen atoms in total. The number of fused-ring (bicyclic) bond motifs is 1. The lowest BCUT2D eigenvalue weighted by Crippen LogP contribution is -2.55. The van der Waals surface area contributed by atoms with Crippen molar-refractivity contribution in [1.29, 1.82) is 0 Å². The molecule has 5 heterocycles. The Morgan fingerprint density at radius 1 is 1.07 bits per heavy atom. The van der Waals surface area contributed by atoms with Gasteiger partial charge in [-0.05, 0) is 54.7 Å². The molecule has 3 aliphatic rings. The zero-order valence-corrected chi connectivity index (χ0v) is 34.3. The minimum Gasteiger partial charge on any atom is -0.492 e. The van der Waals surface area contributed by atoms with Crippen LogP contribution in [0.3, 0.4) is 0 Å². The van der Waals surface area contributed by atoms with Crippen molar-refractivity contribution < 1.29 is 29.0 Å². The molecule has 304 valence electrons. The summed E-state index contributed by atoms with van der Waals surface area (Å²) in [4.78, 5) is 57.0. The van der Waals surface area contributed by atoms with E-state index in [1.165, 1.54) is 4.90 Å². The molecule has 3 amide bonds. The number of nitrogens with one attached hydrogen (secondary N) is 2. The van der Waals surface area contributed by atoms with Crippen LogP contribution in [0.5, 0.6) is 11.5 Å². The summed E-state index contributed by atoms with van der Waals surface area (Å²) in [5.74, 6) is 0.151. The molecule has 0 spiro atoms. The minimum absolute atomic E-state index is 0. The molecule has 0 bridgehead atoms. The number of aliphatic hydroxyl groups excluding tert-OH is 1. The number of aromatic nitrogens is 2. The van der Waals surface area contributed by atoms with Gasteiger partial charge in [0.25, 0.3) is 5.91 Å². The molecule has 4 aromatic rings. The number of piperazine rings is 1. The maximum Gasteiger partial charge on any atom is 0.255 e. The summed E-state index contributed by atoms with van der Waals surface area (Å²) in [5.41, 5.74) is 6.59. The highest BCUT2D eigenvalue weighted by Gasteiger charge is 2.45. The van der Waals surface area contributed by atoms with Gasteiger partial charge in [-0.3, -0.25) is 19.4 Å². The number of amides is 3. The molecule has 15 heteroatoms. The Kier molecular flexibility index (Phi) is 14.2. The van der Waals surface area contributed by atoms with E-state index < -0.39 is 18.2 Å². The first-order valence-corrected chi connectivity index (χ1v) is 20.4. The number of carbonyl (C=O) groups excluding carboxylic acids is 3. The third kappa shape index (κ3) is 9.93. The van der Waals surface area contributed by atoms with Gasteiger partial charge in [-0.1, -0.05) is 44.2 Å². The highest BCUT2D eigenvalue weighted by Crippen LogP contribution is 2.33. The SMILES string of the molecule is Cc1ncsc1-c1ccc(CNC(=O)[C@@H]2C[C@@H](O)CN2C(=O)[C@H](C(C)C)N2Cc3ccccc3C2=O)c(OCc2ccc(OCCCN3CCNCC3)cn2)c1.Cl. The van der Waals surface area contributed by atoms with Crippen molar-refractivity contribution in [1.82, 2.24) is 35.3 Å². The maximum absolute atomic E-state index is 14.2. The van der Waals surface area contributed by atoms with E-state index in [4.69, 9.17) is 9.47 Å². The van der Waals surface area contributed by atoms with Crippen molar-refractivity contribution in [2.75, 3.05) is 45.9 Å². The van der Waals surface area contributed by atoms with Crippen molar-refractivity contribution in [2.45, 2.75) is 71.5 Å². The number of likely N-dealkylation sites (tertiary alicyclic amines) is 1. The van der Waals surface area contributed by atoms with Crippen molar-refractivity contribution in [3.8, 4) is 21.9 Å². The minimum atomic E-state index is -0.894. The number of thiazole rings is 1. The van der Waals surface area contributed by atoms with E-state index in [2.05, 4.69) is 25.5 Å². The van der Waals surface area contributed by atoms with E-state index in [9.17, 15) is 19.5 Å². The van der Waals surface area contributed by atoms with Gasteiger partial charge in [0.1, 0.15) is 30.2 Å². The van der Waals surface area contributed by atoms with Crippen molar-refractivity contribution >= 4 is 41.5 Å². The average Bonchev–Trinajstić information content (AvgIpc) is 3.92. The van der Waals surface area contributed by atoms with Gasteiger partial charge in [0, 0.05) is 69.9 Å². The number of aliphatic hydroxyl groups is 1. The molecule has 57 heavy (non-hydrogen) atoms. The van der Waals surface area contributed by atoms with Gasteiger partial charge in [0.15, 0.2) is 0 Å². The number of pyridine rings is 1. The van der Waals surface area contributed by atoms with Crippen LogP contribution in [0.4, 0.5) is 0 Å². The highest BCUT2D eigenvalue weighted by atomic mass is 35.5. The number of halogens is 1. The van der Waals surface area contributed by atoms with Crippen LogP contribution in [0.25, 0.3) is 10.4 Å². The normalized spacial score (nSPS) is 18.6. The number of nitrogens with zero attached hydrogens (tertiary/aromatic N) is 5. The summed E-state index contributed by atoms with van der Waals surface area (Å²) >= 11 is 1.54. The smallest absolute Gasteiger partial charge is 0.255 e. The van der Waals surface area contributed by atoms with E-state index >= 15 is 0 Å². The third-order valence-electron chi connectivity index (χ3n) is 10.7. The monoisotopic (exact) mass is 817 g/mol. The van der Waals surface area contributed by atoms with Gasteiger partial charge in [0.2, 0.25) is 11.8 Å². The van der Waals surface area contributed by atoms with Crippen LogP contribution in [0.15, 0.2) is 66.3 Å². The number of carbonyl (C=O) groups is 3. The van der Waals surface area contributed by atoms with Crippen LogP contribution in [0, 0.1) is 12.8 Å². The van der Waals surface area contributed by atoms with E-state index in [-0.39, 0.29) is 62.2 Å². The Balaban J connectivity index is 0.00000549. The van der Waals surface area contributed by atoms with E-state index in [1.54, 1.807) is 28.5 Å². The Hall–Kier alpha value is -4.60. The van der Waals surface area contributed by atoms with Gasteiger partial charge in [-0.15, -0.1) is 23.7 Å². The Labute approximate surface area is 344 Å². The summed E-state index contributed by atoms with van der Waals surface area (Å²) in [6.07, 6.45) is 1.90. The standard InChI is InChI=1S/C42H51N7O6S.ClH/c1-27(2)38(49-23-31-7-4-5-8-35(31)41(49)52)42(53)48-24-33(50)20-36(48)40(51)45-21-30-10-9-29(39-28(3)46-26-56-39)19-37(30)55-25-32-11-12-34(22-44-32)54-18-6-15-47-16-13-43-14-17-47;/h4-5,7-12,19,22,26-27,33,36,38,43,50H,6,13-18,20-21,23-25H2,1-3H3,(H,45,51);1H/t33-,36+,38+;/m1./s1. The van der Waals surface area contributed by atoms with Crippen molar-refractivity contribution in [3.05, 3.63) is 94.4 Å².